The van der Waals surface area contributed by atoms with Crippen LogP contribution in [0, 0.1) is 5.92 Å². The first-order valence-corrected chi connectivity index (χ1v) is 7.34. The smallest absolute Gasteiger partial charge is 0.221 e. The zero-order valence-corrected chi connectivity index (χ0v) is 11.4. The minimum Gasteiger partial charge on any atom is -0.378 e. The Balaban J connectivity index is 1.69. The van der Waals surface area contributed by atoms with Crippen LogP contribution in [0.15, 0.2) is 0 Å². The molecule has 4 nitrogen and oxygen atoms in total. The van der Waals surface area contributed by atoms with E-state index < -0.39 is 0 Å². The molecule has 0 aromatic heterocycles. The Morgan fingerprint density at radius 2 is 2.22 bits per heavy atom. The molecule has 1 amide bonds. The van der Waals surface area contributed by atoms with Crippen molar-refractivity contribution in [3.63, 3.8) is 0 Å². The summed E-state index contributed by atoms with van der Waals surface area (Å²) in [6.07, 6.45) is 6.63. The molecule has 2 fully saturated rings. The fourth-order valence-corrected chi connectivity index (χ4v) is 2.89. The highest BCUT2D eigenvalue weighted by molar-refractivity contribution is 5.76. The molecular weight excluding hydrogens is 228 g/mol. The van der Waals surface area contributed by atoms with Crippen molar-refractivity contribution >= 4 is 5.91 Å². The van der Waals surface area contributed by atoms with Crippen molar-refractivity contribution in [2.75, 3.05) is 19.8 Å². The van der Waals surface area contributed by atoms with Gasteiger partial charge in [0, 0.05) is 25.0 Å². The topological polar surface area (TPSA) is 50.4 Å². The third-order valence-electron chi connectivity index (χ3n) is 4.05. The molecule has 4 heteroatoms. The van der Waals surface area contributed by atoms with Crippen LogP contribution in [0.4, 0.5) is 0 Å². The van der Waals surface area contributed by atoms with Gasteiger partial charge >= 0.3 is 0 Å². The van der Waals surface area contributed by atoms with E-state index in [2.05, 4.69) is 17.6 Å². The second-order valence-corrected chi connectivity index (χ2v) is 5.81. The molecule has 1 aliphatic carbocycles. The quantitative estimate of drug-likeness (QED) is 0.750. The Morgan fingerprint density at radius 3 is 3.00 bits per heavy atom. The number of carbonyl (C=O) groups excluding carboxylic acids is 1. The first-order chi connectivity index (χ1) is 8.74. The minimum absolute atomic E-state index is 0.178. The number of hydrogen-bond acceptors (Lipinski definition) is 3. The van der Waals surface area contributed by atoms with Crippen LogP contribution >= 0.6 is 0 Å². The van der Waals surface area contributed by atoms with E-state index in [0.29, 0.717) is 19.1 Å². The van der Waals surface area contributed by atoms with Crippen LogP contribution in [0.1, 0.15) is 45.4 Å². The summed E-state index contributed by atoms with van der Waals surface area (Å²) in [5.74, 6) is 0.998. The van der Waals surface area contributed by atoms with Gasteiger partial charge in [0.2, 0.25) is 5.91 Å². The van der Waals surface area contributed by atoms with Gasteiger partial charge in [0.25, 0.3) is 0 Å². The molecule has 2 rings (SSSR count). The summed E-state index contributed by atoms with van der Waals surface area (Å²) >= 11 is 0. The SMILES string of the molecule is CC1CCCC(NC(=O)CC2COCCN2)CC1. The Bertz CT molecular complexity index is 265. The average molecular weight is 254 g/mol. The summed E-state index contributed by atoms with van der Waals surface area (Å²) in [5.41, 5.74) is 0. The predicted molar refractivity (Wildman–Crippen MR) is 71.4 cm³/mol. The average Bonchev–Trinajstić information content (AvgIpc) is 2.56. The fraction of sp³-hybridized carbons (Fsp3) is 0.929. The zero-order chi connectivity index (χ0) is 12.8. The van der Waals surface area contributed by atoms with Gasteiger partial charge in [-0.15, -0.1) is 0 Å². The van der Waals surface area contributed by atoms with E-state index in [9.17, 15) is 4.79 Å². The number of rotatable bonds is 3. The normalized spacial score (nSPS) is 33.7. The number of ether oxygens (including phenoxy) is 1. The van der Waals surface area contributed by atoms with Gasteiger partial charge in [0.1, 0.15) is 0 Å². The molecule has 2 aliphatic rings. The number of carbonyl (C=O) groups is 1. The number of hydrogen-bond donors (Lipinski definition) is 2. The first kappa shape index (κ1) is 13.8. The van der Waals surface area contributed by atoms with Gasteiger partial charge < -0.3 is 15.4 Å². The third-order valence-corrected chi connectivity index (χ3v) is 4.05. The molecule has 0 aromatic carbocycles. The third kappa shape index (κ3) is 4.58. The molecule has 104 valence electrons. The molecule has 3 atom stereocenters. The molecule has 0 spiro atoms. The van der Waals surface area contributed by atoms with Crippen LogP contribution in [-0.4, -0.2) is 37.7 Å². The minimum atomic E-state index is 0.178. The Morgan fingerprint density at radius 1 is 1.33 bits per heavy atom. The summed E-state index contributed by atoms with van der Waals surface area (Å²) in [7, 11) is 0. The van der Waals surface area contributed by atoms with Gasteiger partial charge in [-0.2, -0.15) is 0 Å². The molecule has 0 radical (unpaired) electrons. The van der Waals surface area contributed by atoms with E-state index in [1.165, 1.54) is 19.3 Å². The summed E-state index contributed by atoms with van der Waals surface area (Å²) in [6.45, 7) is 4.60. The lowest BCUT2D eigenvalue weighted by Crippen LogP contribution is -2.45. The van der Waals surface area contributed by atoms with E-state index in [4.69, 9.17) is 4.74 Å². The summed E-state index contributed by atoms with van der Waals surface area (Å²) in [6, 6.07) is 0.593. The summed E-state index contributed by atoms with van der Waals surface area (Å²) in [5, 5.41) is 6.51. The van der Waals surface area contributed by atoms with E-state index in [1.54, 1.807) is 0 Å². The largest absolute Gasteiger partial charge is 0.378 e. The fourth-order valence-electron chi connectivity index (χ4n) is 2.89. The number of morpholine rings is 1. The zero-order valence-electron chi connectivity index (χ0n) is 11.4. The molecular formula is C14H26N2O2. The van der Waals surface area contributed by atoms with Gasteiger partial charge in [0.05, 0.1) is 13.2 Å². The van der Waals surface area contributed by atoms with Crippen molar-refractivity contribution in [1.29, 1.82) is 0 Å². The molecule has 1 saturated carbocycles. The van der Waals surface area contributed by atoms with Crippen molar-refractivity contribution < 1.29 is 9.53 Å². The van der Waals surface area contributed by atoms with Crippen LogP contribution in [0.25, 0.3) is 0 Å². The standard InChI is InChI=1S/C14H26N2O2/c1-11-3-2-4-12(6-5-11)16-14(17)9-13-10-18-8-7-15-13/h11-13,15H,2-10H2,1H3,(H,16,17). The maximum absolute atomic E-state index is 12.0. The molecule has 18 heavy (non-hydrogen) atoms. The van der Waals surface area contributed by atoms with Crippen molar-refractivity contribution in [2.45, 2.75) is 57.5 Å². The molecule has 1 saturated heterocycles. The van der Waals surface area contributed by atoms with Crippen LogP contribution in [0.3, 0.4) is 0 Å². The van der Waals surface area contributed by atoms with Crippen LogP contribution in [0.2, 0.25) is 0 Å². The Labute approximate surface area is 110 Å². The number of amides is 1. The second-order valence-electron chi connectivity index (χ2n) is 5.81. The first-order valence-electron chi connectivity index (χ1n) is 7.34. The van der Waals surface area contributed by atoms with E-state index in [1.807, 2.05) is 0 Å². The van der Waals surface area contributed by atoms with Gasteiger partial charge in [-0.1, -0.05) is 19.8 Å². The summed E-state index contributed by atoms with van der Waals surface area (Å²) in [4.78, 5) is 12.0. The summed E-state index contributed by atoms with van der Waals surface area (Å²) < 4.78 is 5.36. The molecule has 2 N–H and O–H groups in total. The van der Waals surface area contributed by atoms with Crippen molar-refractivity contribution in [2.24, 2.45) is 5.92 Å². The monoisotopic (exact) mass is 254 g/mol. The Hall–Kier alpha value is -0.610. The lowest BCUT2D eigenvalue weighted by molar-refractivity contribution is -0.123. The lowest BCUT2D eigenvalue weighted by atomic mass is 10.0. The maximum atomic E-state index is 12.0. The van der Waals surface area contributed by atoms with Crippen LogP contribution < -0.4 is 10.6 Å². The molecule has 3 unspecified atom stereocenters. The lowest BCUT2D eigenvalue weighted by Gasteiger charge is -2.24. The highest BCUT2D eigenvalue weighted by atomic mass is 16.5. The van der Waals surface area contributed by atoms with Gasteiger partial charge in [-0.3, -0.25) is 4.79 Å². The molecule has 1 heterocycles. The van der Waals surface area contributed by atoms with Crippen LogP contribution in [0.5, 0.6) is 0 Å². The van der Waals surface area contributed by atoms with E-state index >= 15 is 0 Å². The predicted octanol–water partition coefficient (Wildman–Crippen LogP) is 1.45. The van der Waals surface area contributed by atoms with Crippen LogP contribution in [-0.2, 0) is 9.53 Å². The van der Waals surface area contributed by atoms with E-state index in [-0.39, 0.29) is 11.9 Å². The molecule has 0 bridgehead atoms. The van der Waals surface area contributed by atoms with Crippen molar-refractivity contribution in [1.82, 2.24) is 10.6 Å². The van der Waals surface area contributed by atoms with Crippen molar-refractivity contribution in [3.8, 4) is 0 Å². The van der Waals surface area contributed by atoms with Gasteiger partial charge in [0.15, 0.2) is 0 Å². The second kappa shape index (κ2) is 7.10. The molecule has 1 aliphatic heterocycles. The van der Waals surface area contributed by atoms with E-state index in [0.717, 1.165) is 31.9 Å². The van der Waals surface area contributed by atoms with Gasteiger partial charge in [-0.25, -0.2) is 0 Å². The maximum Gasteiger partial charge on any atom is 0.221 e. The highest BCUT2D eigenvalue weighted by Gasteiger charge is 2.21. The van der Waals surface area contributed by atoms with Gasteiger partial charge in [-0.05, 0) is 25.2 Å². The molecule has 0 aromatic rings. The highest BCUT2D eigenvalue weighted by Crippen LogP contribution is 2.22. The van der Waals surface area contributed by atoms with Crippen molar-refractivity contribution in [3.05, 3.63) is 0 Å². The number of nitrogens with one attached hydrogen (secondary N) is 2. The Kier molecular flexibility index (Phi) is 5.45.